The van der Waals surface area contributed by atoms with Crippen LogP contribution in [0.1, 0.15) is 5.56 Å². The highest BCUT2D eigenvalue weighted by Crippen LogP contribution is 2.36. The molecule has 148 valence electrons. The Morgan fingerprint density at radius 3 is 2.57 bits per heavy atom. The first-order valence-corrected chi connectivity index (χ1v) is 10.5. The first-order chi connectivity index (χ1) is 13.2. The van der Waals surface area contributed by atoms with Crippen LogP contribution in [-0.4, -0.2) is 40.1 Å². The van der Waals surface area contributed by atoms with Crippen molar-refractivity contribution in [2.75, 3.05) is 23.9 Å². The van der Waals surface area contributed by atoms with E-state index in [1.165, 1.54) is 18.3 Å². The van der Waals surface area contributed by atoms with E-state index in [1.54, 1.807) is 12.1 Å². The molecule has 0 spiro atoms. The van der Waals surface area contributed by atoms with Crippen molar-refractivity contribution in [2.45, 2.75) is 0 Å². The summed E-state index contributed by atoms with van der Waals surface area (Å²) in [6, 6.07) is 8.17. The number of rotatable bonds is 6. The molecule has 0 atom stereocenters. The van der Waals surface area contributed by atoms with E-state index in [-0.39, 0.29) is 12.5 Å². The second-order valence-corrected chi connectivity index (χ2v) is 8.53. The molecule has 0 saturated heterocycles. The SMILES string of the molecule is CS(=O)(=O)N(CC(=O)N/N=C\c1cc2c(cc1Br)OCO2)c1ccc(F)cc1. The molecule has 0 aromatic heterocycles. The standard InChI is InChI=1S/C17H15BrFN3O5S/c1-28(24,25)22(13-4-2-12(19)3-5-13)9-17(23)21-20-8-11-6-15-16(7-14(11)18)27-10-26-15/h2-8H,9-10H2,1H3,(H,21,23)/b20-8-. The highest BCUT2D eigenvalue weighted by atomic mass is 79.9. The predicted octanol–water partition coefficient (Wildman–Crippen LogP) is 2.23. The molecule has 2 aromatic rings. The zero-order valence-corrected chi connectivity index (χ0v) is 17.0. The van der Waals surface area contributed by atoms with Gasteiger partial charge in [0.15, 0.2) is 11.5 Å². The molecule has 11 heteroatoms. The zero-order valence-electron chi connectivity index (χ0n) is 14.6. The van der Waals surface area contributed by atoms with Crippen molar-refractivity contribution in [2.24, 2.45) is 5.10 Å². The molecule has 0 radical (unpaired) electrons. The minimum atomic E-state index is -3.76. The highest BCUT2D eigenvalue weighted by molar-refractivity contribution is 9.10. The van der Waals surface area contributed by atoms with Gasteiger partial charge >= 0.3 is 0 Å². The lowest BCUT2D eigenvalue weighted by Gasteiger charge is -2.21. The van der Waals surface area contributed by atoms with Gasteiger partial charge < -0.3 is 9.47 Å². The highest BCUT2D eigenvalue weighted by Gasteiger charge is 2.21. The van der Waals surface area contributed by atoms with Crippen molar-refractivity contribution >= 4 is 43.8 Å². The summed E-state index contributed by atoms with van der Waals surface area (Å²) in [5.74, 6) is -0.0323. The number of hydrogen-bond donors (Lipinski definition) is 1. The number of carbonyl (C=O) groups excluding carboxylic acids is 1. The molecule has 1 amide bonds. The fourth-order valence-electron chi connectivity index (χ4n) is 2.38. The molecule has 1 aliphatic rings. The summed E-state index contributed by atoms with van der Waals surface area (Å²) in [7, 11) is -3.76. The zero-order chi connectivity index (χ0) is 20.3. The van der Waals surface area contributed by atoms with Crippen molar-refractivity contribution in [3.8, 4) is 11.5 Å². The maximum absolute atomic E-state index is 13.1. The van der Waals surface area contributed by atoms with Gasteiger partial charge in [-0.15, -0.1) is 0 Å². The van der Waals surface area contributed by atoms with Crippen LogP contribution in [0.15, 0.2) is 46.0 Å². The number of carbonyl (C=O) groups is 1. The number of anilines is 1. The molecule has 1 N–H and O–H groups in total. The van der Waals surface area contributed by atoms with Gasteiger partial charge in [0.05, 0.1) is 18.2 Å². The van der Waals surface area contributed by atoms with E-state index in [9.17, 15) is 17.6 Å². The average Bonchev–Trinajstić information content (AvgIpc) is 3.07. The summed E-state index contributed by atoms with van der Waals surface area (Å²) in [5.41, 5.74) is 3.06. The topological polar surface area (TPSA) is 97.3 Å². The lowest BCUT2D eigenvalue weighted by Crippen LogP contribution is -2.39. The molecule has 0 aliphatic carbocycles. The fourth-order valence-corrected chi connectivity index (χ4v) is 3.66. The first-order valence-electron chi connectivity index (χ1n) is 7.88. The molecule has 28 heavy (non-hydrogen) atoms. The van der Waals surface area contributed by atoms with Crippen LogP contribution in [0.3, 0.4) is 0 Å². The van der Waals surface area contributed by atoms with Crippen molar-refractivity contribution in [1.82, 2.24) is 5.43 Å². The number of sulfonamides is 1. The lowest BCUT2D eigenvalue weighted by atomic mass is 10.2. The third kappa shape index (κ3) is 4.78. The molecule has 0 saturated carbocycles. The normalized spacial score (nSPS) is 13.0. The van der Waals surface area contributed by atoms with Gasteiger partial charge in [-0.1, -0.05) is 0 Å². The number of amides is 1. The number of hydrogen-bond acceptors (Lipinski definition) is 6. The Hall–Kier alpha value is -2.66. The van der Waals surface area contributed by atoms with Crippen molar-refractivity contribution in [3.63, 3.8) is 0 Å². The second-order valence-electron chi connectivity index (χ2n) is 5.77. The van der Waals surface area contributed by atoms with Gasteiger partial charge in [-0.2, -0.15) is 5.10 Å². The predicted molar refractivity (Wildman–Crippen MR) is 105 cm³/mol. The van der Waals surface area contributed by atoms with Gasteiger partial charge in [-0.25, -0.2) is 18.2 Å². The molecule has 3 rings (SSSR count). The van der Waals surface area contributed by atoms with Gasteiger partial charge in [0.2, 0.25) is 16.8 Å². The number of ether oxygens (including phenoxy) is 2. The van der Waals surface area contributed by atoms with E-state index >= 15 is 0 Å². The van der Waals surface area contributed by atoms with Crippen molar-refractivity contribution < 1.29 is 27.1 Å². The Balaban J connectivity index is 1.68. The summed E-state index contributed by atoms with van der Waals surface area (Å²) < 4.78 is 49.1. The third-order valence-corrected chi connectivity index (χ3v) is 5.51. The maximum Gasteiger partial charge on any atom is 0.260 e. The summed E-state index contributed by atoms with van der Waals surface area (Å²) in [6.07, 6.45) is 2.34. The lowest BCUT2D eigenvalue weighted by molar-refractivity contribution is -0.119. The van der Waals surface area contributed by atoms with E-state index < -0.39 is 28.3 Å². The maximum atomic E-state index is 13.1. The van der Waals surface area contributed by atoms with Crippen LogP contribution in [0, 0.1) is 5.82 Å². The van der Waals surface area contributed by atoms with E-state index in [0.717, 1.165) is 22.7 Å². The fraction of sp³-hybridized carbons (Fsp3) is 0.176. The van der Waals surface area contributed by atoms with E-state index in [0.29, 0.717) is 21.5 Å². The Morgan fingerprint density at radius 2 is 1.93 bits per heavy atom. The summed E-state index contributed by atoms with van der Waals surface area (Å²) in [4.78, 5) is 12.1. The molecule has 1 heterocycles. The summed E-state index contributed by atoms with van der Waals surface area (Å²) in [5, 5.41) is 3.84. The van der Waals surface area contributed by atoms with Crippen LogP contribution in [0.25, 0.3) is 0 Å². The number of halogens is 2. The van der Waals surface area contributed by atoms with E-state index in [1.807, 2.05) is 0 Å². The summed E-state index contributed by atoms with van der Waals surface area (Å²) >= 11 is 3.36. The molecular weight excluding hydrogens is 457 g/mol. The number of hydrazone groups is 1. The average molecular weight is 472 g/mol. The Labute approximate surface area is 169 Å². The second kappa shape index (κ2) is 8.15. The number of nitrogens with zero attached hydrogens (tertiary/aromatic N) is 2. The van der Waals surface area contributed by atoms with Crippen LogP contribution in [0.5, 0.6) is 11.5 Å². The van der Waals surface area contributed by atoms with E-state index in [2.05, 4.69) is 26.5 Å². The van der Waals surface area contributed by atoms with Crippen LogP contribution < -0.4 is 19.2 Å². The quantitative estimate of drug-likeness (QED) is 0.514. The Bertz CT molecular complexity index is 1030. The van der Waals surface area contributed by atoms with Gasteiger partial charge in [0, 0.05) is 10.0 Å². The molecule has 0 bridgehead atoms. The molecule has 0 unspecified atom stereocenters. The first kappa shape index (κ1) is 20.1. The van der Waals surface area contributed by atoms with Gasteiger partial charge in [0.25, 0.3) is 5.91 Å². The monoisotopic (exact) mass is 471 g/mol. The number of benzene rings is 2. The molecule has 8 nitrogen and oxygen atoms in total. The van der Waals surface area contributed by atoms with Crippen molar-refractivity contribution in [3.05, 3.63) is 52.3 Å². The van der Waals surface area contributed by atoms with Crippen LogP contribution >= 0.6 is 15.9 Å². The Kier molecular flexibility index (Phi) is 5.84. The number of fused-ring (bicyclic) bond motifs is 1. The molecule has 1 aliphatic heterocycles. The van der Waals surface area contributed by atoms with Gasteiger partial charge in [-0.3, -0.25) is 9.10 Å². The largest absolute Gasteiger partial charge is 0.454 e. The van der Waals surface area contributed by atoms with Crippen LogP contribution in [-0.2, 0) is 14.8 Å². The smallest absolute Gasteiger partial charge is 0.260 e. The summed E-state index contributed by atoms with van der Waals surface area (Å²) in [6.45, 7) is -0.381. The molecule has 2 aromatic carbocycles. The third-order valence-electron chi connectivity index (χ3n) is 3.69. The molecule has 0 fully saturated rings. The van der Waals surface area contributed by atoms with Gasteiger partial charge in [0.1, 0.15) is 12.4 Å². The van der Waals surface area contributed by atoms with Crippen LogP contribution in [0.4, 0.5) is 10.1 Å². The minimum absolute atomic E-state index is 0.129. The molecular formula is C17H15BrFN3O5S. The van der Waals surface area contributed by atoms with Crippen molar-refractivity contribution in [1.29, 1.82) is 0 Å². The minimum Gasteiger partial charge on any atom is -0.454 e. The Morgan fingerprint density at radius 1 is 1.29 bits per heavy atom. The van der Waals surface area contributed by atoms with E-state index in [4.69, 9.17) is 9.47 Å². The van der Waals surface area contributed by atoms with Crippen LogP contribution in [0.2, 0.25) is 0 Å². The number of nitrogens with one attached hydrogen (secondary N) is 1. The van der Waals surface area contributed by atoms with Gasteiger partial charge in [-0.05, 0) is 52.3 Å².